The van der Waals surface area contributed by atoms with Gasteiger partial charge in [-0.15, -0.1) is 0 Å². The van der Waals surface area contributed by atoms with Crippen molar-refractivity contribution in [1.29, 1.82) is 5.26 Å². The molecule has 6 nitrogen and oxygen atoms in total. The zero-order valence-corrected chi connectivity index (χ0v) is 14.4. The maximum atomic E-state index is 12.3. The van der Waals surface area contributed by atoms with E-state index in [-0.39, 0.29) is 12.5 Å². The molecule has 0 aliphatic heterocycles. The van der Waals surface area contributed by atoms with Crippen molar-refractivity contribution in [3.63, 3.8) is 0 Å². The van der Waals surface area contributed by atoms with Crippen LogP contribution in [0.25, 0.3) is 0 Å². The Morgan fingerprint density at radius 1 is 0.962 bits per heavy atom. The molecule has 0 saturated carbocycles. The molecule has 3 aromatic rings. The summed E-state index contributed by atoms with van der Waals surface area (Å²) in [7, 11) is 1.88. The number of nitriles is 1. The molecule has 0 atom stereocenters. The first-order valence-electron chi connectivity index (χ1n) is 8.18. The summed E-state index contributed by atoms with van der Waals surface area (Å²) in [6, 6.07) is 20.9. The minimum atomic E-state index is -0.242. The first kappa shape index (κ1) is 17.1. The third kappa shape index (κ3) is 4.02. The van der Waals surface area contributed by atoms with Crippen LogP contribution in [0.4, 0.5) is 22.7 Å². The highest BCUT2D eigenvalue weighted by molar-refractivity contribution is 6.03. The number of nitrogens with one attached hydrogen (secondary N) is 3. The van der Waals surface area contributed by atoms with Crippen LogP contribution in [0, 0.1) is 11.3 Å². The molecule has 26 heavy (non-hydrogen) atoms. The zero-order valence-electron chi connectivity index (χ0n) is 14.4. The van der Waals surface area contributed by atoms with Crippen molar-refractivity contribution in [3.8, 4) is 6.07 Å². The average molecular weight is 345 g/mol. The average Bonchev–Trinajstić information content (AvgIpc) is 3.13. The van der Waals surface area contributed by atoms with Crippen LogP contribution in [-0.2, 0) is 6.54 Å². The maximum Gasteiger partial charge on any atom is 0.272 e. The number of amides is 1. The zero-order chi connectivity index (χ0) is 18.4. The quantitative estimate of drug-likeness (QED) is 0.629. The summed E-state index contributed by atoms with van der Waals surface area (Å²) in [4.78, 5) is 12.3. The number of aromatic nitrogens is 1. The number of carbonyl (C=O) groups excluding carboxylic acids is 1. The minimum Gasteiger partial charge on any atom is -0.388 e. The first-order chi connectivity index (χ1) is 12.7. The number of benzene rings is 2. The minimum absolute atomic E-state index is 0.144. The van der Waals surface area contributed by atoms with Gasteiger partial charge in [-0.3, -0.25) is 4.79 Å². The summed E-state index contributed by atoms with van der Waals surface area (Å²) in [6.45, 7) is 0.144. The third-order valence-electron chi connectivity index (χ3n) is 3.91. The lowest BCUT2D eigenvalue weighted by atomic mass is 10.2. The number of nitrogens with zero attached hydrogens (tertiary/aromatic N) is 2. The fraction of sp³-hybridized carbons (Fsp3) is 0.100. The van der Waals surface area contributed by atoms with Crippen molar-refractivity contribution in [2.45, 2.75) is 6.54 Å². The number of carbonyl (C=O) groups is 1. The number of anilines is 4. The summed E-state index contributed by atoms with van der Waals surface area (Å²) in [5, 5.41) is 18.0. The van der Waals surface area contributed by atoms with E-state index >= 15 is 0 Å². The van der Waals surface area contributed by atoms with Gasteiger partial charge in [0.15, 0.2) is 0 Å². The lowest BCUT2D eigenvalue weighted by molar-refractivity contribution is 0.101. The molecule has 0 unspecified atom stereocenters. The third-order valence-corrected chi connectivity index (χ3v) is 3.91. The molecule has 0 saturated heterocycles. The lowest BCUT2D eigenvalue weighted by Gasteiger charge is -2.10. The monoisotopic (exact) mass is 345 g/mol. The smallest absolute Gasteiger partial charge is 0.272 e. The Hall–Kier alpha value is -3.72. The summed E-state index contributed by atoms with van der Waals surface area (Å²) in [5.74, 6) is -0.242. The van der Waals surface area contributed by atoms with Gasteiger partial charge in [-0.05, 0) is 60.7 Å². The molecule has 3 rings (SSSR count). The topological polar surface area (TPSA) is 81.9 Å². The summed E-state index contributed by atoms with van der Waals surface area (Å²) in [6.07, 6.45) is 1.71. The Morgan fingerprint density at radius 2 is 1.54 bits per heavy atom. The molecule has 0 aliphatic rings. The van der Waals surface area contributed by atoms with E-state index < -0.39 is 0 Å². The van der Waals surface area contributed by atoms with Crippen molar-refractivity contribution in [2.75, 3.05) is 23.0 Å². The highest BCUT2D eigenvalue weighted by Crippen LogP contribution is 2.21. The van der Waals surface area contributed by atoms with Crippen LogP contribution in [0.1, 0.15) is 10.5 Å². The number of hydrogen-bond donors (Lipinski definition) is 3. The first-order valence-corrected chi connectivity index (χ1v) is 8.18. The van der Waals surface area contributed by atoms with E-state index in [0.717, 1.165) is 17.1 Å². The van der Waals surface area contributed by atoms with Gasteiger partial charge in [0.2, 0.25) is 0 Å². The molecule has 1 heterocycles. The molecule has 6 heteroatoms. The summed E-state index contributed by atoms with van der Waals surface area (Å²) >= 11 is 0. The molecule has 0 aliphatic carbocycles. The van der Waals surface area contributed by atoms with E-state index in [9.17, 15) is 4.79 Å². The van der Waals surface area contributed by atoms with Gasteiger partial charge in [-0.25, -0.2) is 0 Å². The largest absolute Gasteiger partial charge is 0.388 e. The Morgan fingerprint density at radius 3 is 2.12 bits per heavy atom. The fourth-order valence-electron chi connectivity index (χ4n) is 2.55. The second-order valence-corrected chi connectivity index (χ2v) is 5.66. The standard InChI is InChI=1S/C20H19N5O/c1-22-15-4-6-16(7-5-15)23-17-8-10-18(11-9-17)24-20(26)19-3-2-13-25(19)14-12-21/h2-11,13,22-23H,14H2,1H3,(H,24,26). The van der Waals surface area contributed by atoms with Crippen LogP contribution in [0.15, 0.2) is 66.9 Å². The molecule has 130 valence electrons. The maximum absolute atomic E-state index is 12.3. The van der Waals surface area contributed by atoms with Crippen LogP contribution in [-0.4, -0.2) is 17.5 Å². The van der Waals surface area contributed by atoms with Crippen molar-refractivity contribution in [3.05, 3.63) is 72.6 Å². The van der Waals surface area contributed by atoms with E-state index in [1.165, 1.54) is 0 Å². The van der Waals surface area contributed by atoms with Gasteiger partial charge >= 0.3 is 0 Å². The molecule has 0 bridgehead atoms. The Kier molecular flexibility index (Phi) is 5.20. The van der Waals surface area contributed by atoms with E-state index in [2.05, 4.69) is 16.0 Å². The van der Waals surface area contributed by atoms with Gasteiger partial charge in [0, 0.05) is 36.0 Å². The lowest BCUT2D eigenvalue weighted by Crippen LogP contribution is -2.16. The molecule has 1 amide bonds. The van der Waals surface area contributed by atoms with Crippen LogP contribution >= 0.6 is 0 Å². The summed E-state index contributed by atoms with van der Waals surface area (Å²) in [5.41, 5.74) is 4.10. The summed E-state index contributed by atoms with van der Waals surface area (Å²) < 4.78 is 1.61. The van der Waals surface area contributed by atoms with Gasteiger partial charge in [0.25, 0.3) is 5.91 Å². The second kappa shape index (κ2) is 7.90. The molecule has 1 aromatic heterocycles. The molecular weight excluding hydrogens is 326 g/mol. The van der Waals surface area contributed by atoms with Crippen LogP contribution in [0.3, 0.4) is 0 Å². The van der Waals surface area contributed by atoms with Gasteiger partial charge < -0.3 is 20.5 Å². The highest BCUT2D eigenvalue weighted by Gasteiger charge is 2.10. The second-order valence-electron chi connectivity index (χ2n) is 5.66. The van der Waals surface area contributed by atoms with E-state index in [1.54, 1.807) is 22.9 Å². The molecule has 0 spiro atoms. The van der Waals surface area contributed by atoms with Crippen LogP contribution in [0.5, 0.6) is 0 Å². The van der Waals surface area contributed by atoms with Crippen molar-refractivity contribution >= 4 is 28.7 Å². The Balaban J connectivity index is 1.64. The Bertz CT molecular complexity index is 920. The van der Waals surface area contributed by atoms with Gasteiger partial charge in [-0.1, -0.05) is 0 Å². The van der Waals surface area contributed by atoms with E-state index in [1.807, 2.05) is 61.6 Å². The number of hydrogen-bond acceptors (Lipinski definition) is 4. The van der Waals surface area contributed by atoms with Crippen molar-refractivity contribution in [1.82, 2.24) is 4.57 Å². The molecular formula is C20H19N5O. The van der Waals surface area contributed by atoms with Crippen LogP contribution < -0.4 is 16.0 Å². The predicted molar refractivity (Wildman–Crippen MR) is 104 cm³/mol. The van der Waals surface area contributed by atoms with Crippen molar-refractivity contribution in [2.24, 2.45) is 0 Å². The van der Waals surface area contributed by atoms with E-state index in [4.69, 9.17) is 5.26 Å². The van der Waals surface area contributed by atoms with Gasteiger partial charge in [-0.2, -0.15) is 5.26 Å². The Labute approximate surface area is 152 Å². The van der Waals surface area contributed by atoms with Gasteiger partial charge in [0.05, 0.1) is 6.07 Å². The SMILES string of the molecule is CNc1ccc(Nc2ccc(NC(=O)c3cccn3CC#N)cc2)cc1. The highest BCUT2D eigenvalue weighted by atomic mass is 16.1. The molecule has 3 N–H and O–H groups in total. The fourth-order valence-corrected chi connectivity index (χ4v) is 2.55. The molecule has 0 radical (unpaired) electrons. The van der Waals surface area contributed by atoms with Crippen molar-refractivity contribution < 1.29 is 4.79 Å². The number of rotatable bonds is 6. The van der Waals surface area contributed by atoms with Crippen LogP contribution in [0.2, 0.25) is 0 Å². The normalized spacial score (nSPS) is 10.0. The van der Waals surface area contributed by atoms with Gasteiger partial charge in [0.1, 0.15) is 12.2 Å². The molecule has 2 aromatic carbocycles. The molecule has 0 fully saturated rings. The van der Waals surface area contributed by atoms with E-state index in [0.29, 0.717) is 11.4 Å². The predicted octanol–water partition coefficient (Wildman–Crippen LogP) is 4.05.